The van der Waals surface area contributed by atoms with E-state index in [9.17, 15) is 0 Å². The first kappa shape index (κ1) is 27.1. The number of aromatic nitrogens is 3. The van der Waals surface area contributed by atoms with Crippen molar-refractivity contribution in [2.75, 3.05) is 0 Å². The van der Waals surface area contributed by atoms with E-state index in [1.165, 1.54) is 22.8 Å². The predicted octanol–water partition coefficient (Wildman–Crippen LogP) is 9.96. The van der Waals surface area contributed by atoms with Crippen molar-refractivity contribution in [3.05, 3.63) is 175 Å². The van der Waals surface area contributed by atoms with E-state index in [0.717, 1.165) is 45.3 Å². The van der Waals surface area contributed by atoms with Gasteiger partial charge in [0.15, 0.2) is 0 Å². The smallest absolute Gasteiger partial charge is 0.216 e. The Balaban J connectivity index is 0.000000270. The summed E-state index contributed by atoms with van der Waals surface area (Å²) in [5.41, 5.74) is 9.11. The van der Waals surface area contributed by atoms with Crippen LogP contribution in [0.4, 0.5) is 0 Å². The number of hydrogen-bond donors (Lipinski definition) is 0. The van der Waals surface area contributed by atoms with Crippen molar-refractivity contribution in [1.82, 2.24) is 15.0 Å². The second-order valence-corrected chi connectivity index (χ2v) is 10.5. The summed E-state index contributed by atoms with van der Waals surface area (Å²) in [7, 11) is 0. The first-order chi connectivity index (χ1) is 23.4. The van der Waals surface area contributed by atoms with Crippen LogP contribution in [0.1, 0.15) is 20.9 Å². The summed E-state index contributed by atoms with van der Waals surface area (Å²) in [5.74, 6) is 0. The molecule has 0 amide bonds. The van der Waals surface area contributed by atoms with Gasteiger partial charge < -0.3 is 14.4 Å². The van der Waals surface area contributed by atoms with Crippen molar-refractivity contribution in [3.63, 3.8) is 0 Å². The zero-order valence-corrected chi connectivity index (χ0v) is 27.0. The van der Waals surface area contributed by atoms with Crippen molar-refractivity contribution < 1.29 is 28.6 Å². The number of fused-ring (bicyclic) bond motifs is 3. The minimum Gasteiger partial charge on any atom is -0.486 e. The maximum absolute atomic E-state index is 7.64. The molecule has 46 heavy (non-hydrogen) atoms. The van der Waals surface area contributed by atoms with E-state index in [2.05, 4.69) is 63.5 Å². The van der Waals surface area contributed by atoms with Crippen LogP contribution in [-0.2, 0) is 26.5 Å². The van der Waals surface area contributed by atoms with Crippen LogP contribution in [-0.4, -0.2) is 15.0 Å². The second kappa shape index (κ2) is 14.3. The Morgan fingerprint density at radius 3 is 2.24 bits per heavy atom. The van der Waals surface area contributed by atoms with Gasteiger partial charge in [0.05, 0.1) is 5.58 Å². The van der Waals surface area contributed by atoms with E-state index >= 15 is 0 Å². The first-order valence-electron chi connectivity index (χ1n) is 16.1. The zero-order valence-electron chi connectivity index (χ0n) is 27.6. The van der Waals surface area contributed by atoms with Crippen molar-refractivity contribution in [2.45, 2.75) is 13.3 Å². The summed E-state index contributed by atoms with van der Waals surface area (Å²) < 4.78 is 29.0. The average Bonchev–Trinajstić information content (AvgIpc) is 3.52. The standard InChI is InChI=1S/C30H21N2O.C11H8N.Ir/c1-20-10-15-26-25-8-5-9-27(29(25)33-30(26)32-20)28-19-22(16-17-31-28)18-21-11-13-24(14-12-21)23-6-3-2-4-7-23;1-2-6-10(7-3-1)11-8-4-5-9-12-11;/h2-8,10-17,19H,18H2,1H3;1-6,8-9H;/q2*-1;/i1D3;;. The summed E-state index contributed by atoms with van der Waals surface area (Å²) >= 11 is 0. The molecular formula is C41H29IrN3O-2. The molecule has 0 atom stereocenters. The molecule has 0 aliphatic rings. The molecule has 8 aromatic rings. The Kier molecular flexibility index (Phi) is 8.40. The fourth-order valence-electron chi connectivity index (χ4n) is 5.29. The van der Waals surface area contributed by atoms with Gasteiger partial charge in [-0.1, -0.05) is 83.7 Å². The molecule has 0 spiro atoms. The van der Waals surface area contributed by atoms with Crippen LogP contribution in [0.2, 0.25) is 0 Å². The number of hydrogen-bond acceptors (Lipinski definition) is 4. The van der Waals surface area contributed by atoms with Crippen LogP contribution < -0.4 is 0 Å². The number of nitrogens with zero attached hydrogens (tertiary/aromatic N) is 3. The molecule has 0 unspecified atom stereocenters. The Hall–Kier alpha value is -5.22. The second-order valence-electron chi connectivity index (χ2n) is 10.5. The van der Waals surface area contributed by atoms with Crippen molar-refractivity contribution in [3.8, 4) is 33.6 Å². The van der Waals surface area contributed by atoms with Crippen LogP contribution in [0.25, 0.3) is 55.7 Å². The van der Waals surface area contributed by atoms with Gasteiger partial charge in [-0.15, -0.1) is 54.1 Å². The van der Waals surface area contributed by atoms with Gasteiger partial charge in [-0.3, -0.25) is 0 Å². The molecule has 0 N–H and O–H groups in total. The summed E-state index contributed by atoms with van der Waals surface area (Å²) in [6.45, 7) is -2.29. The number of furan rings is 1. The Morgan fingerprint density at radius 1 is 0.652 bits per heavy atom. The third kappa shape index (κ3) is 6.87. The summed E-state index contributed by atoms with van der Waals surface area (Å²) in [6.07, 6.45) is 4.35. The number of rotatable bonds is 5. The zero-order chi connectivity index (χ0) is 32.9. The molecule has 0 fully saturated rings. The van der Waals surface area contributed by atoms with E-state index in [-0.39, 0.29) is 25.8 Å². The van der Waals surface area contributed by atoms with Gasteiger partial charge in [-0.2, -0.15) is 0 Å². The van der Waals surface area contributed by atoms with Gasteiger partial charge in [0.25, 0.3) is 0 Å². The summed E-state index contributed by atoms with van der Waals surface area (Å²) in [4.78, 5) is 13.1. The molecule has 4 aromatic heterocycles. The molecule has 225 valence electrons. The number of pyridine rings is 3. The molecular weight excluding hydrogens is 743 g/mol. The van der Waals surface area contributed by atoms with Crippen LogP contribution >= 0.6 is 0 Å². The molecule has 5 heteroatoms. The normalized spacial score (nSPS) is 11.9. The van der Waals surface area contributed by atoms with Gasteiger partial charge in [0, 0.05) is 47.7 Å². The minimum absolute atomic E-state index is 0. The molecule has 0 aliphatic heterocycles. The van der Waals surface area contributed by atoms with Crippen molar-refractivity contribution in [1.29, 1.82) is 0 Å². The fourth-order valence-corrected chi connectivity index (χ4v) is 5.29. The maximum Gasteiger partial charge on any atom is 0.216 e. The molecule has 0 saturated heterocycles. The van der Waals surface area contributed by atoms with Crippen LogP contribution in [0.5, 0.6) is 0 Å². The van der Waals surface area contributed by atoms with Gasteiger partial charge in [-0.05, 0) is 71.2 Å². The largest absolute Gasteiger partial charge is 0.486 e. The Labute approximate surface area is 286 Å². The third-order valence-electron chi connectivity index (χ3n) is 7.50. The van der Waals surface area contributed by atoms with Gasteiger partial charge in [0.1, 0.15) is 0 Å². The third-order valence-corrected chi connectivity index (χ3v) is 7.50. The van der Waals surface area contributed by atoms with Gasteiger partial charge >= 0.3 is 0 Å². The number of benzene rings is 4. The quantitative estimate of drug-likeness (QED) is 0.164. The Bertz CT molecular complexity index is 2250. The molecule has 4 aromatic carbocycles. The van der Waals surface area contributed by atoms with E-state index in [0.29, 0.717) is 11.3 Å². The first-order valence-corrected chi connectivity index (χ1v) is 14.6. The monoisotopic (exact) mass is 775 g/mol. The molecule has 0 aliphatic carbocycles. The van der Waals surface area contributed by atoms with E-state index in [1.54, 1.807) is 18.5 Å². The maximum atomic E-state index is 7.64. The topological polar surface area (TPSA) is 51.8 Å². The van der Waals surface area contributed by atoms with Crippen LogP contribution in [0.3, 0.4) is 0 Å². The fraction of sp³-hybridized carbons (Fsp3) is 0.0488. The van der Waals surface area contributed by atoms with Crippen LogP contribution in [0, 0.1) is 19.0 Å². The average molecular weight is 775 g/mol. The molecule has 0 saturated carbocycles. The van der Waals surface area contributed by atoms with Gasteiger partial charge in [0.2, 0.25) is 5.71 Å². The molecule has 4 nitrogen and oxygen atoms in total. The molecule has 1 radical (unpaired) electrons. The van der Waals surface area contributed by atoms with E-state index < -0.39 is 6.85 Å². The van der Waals surface area contributed by atoms with Gasteiger partial charge in [-0.25, -0.2) is 4.98 Å². The van der Waals surface area contributed by atoms with Crippen molar-refractivity contribution in [2.24, 2.45) is 0 Å². The summed E-state index contributed by atoms with van der Waals surface area (Å²) in [6, 6.07) is 50.1. The van der Waals surface area contributed by atoms with Crippen molar-refractivity contribution >= 4 is 22.1 Å². The molecule has 0 bridgehead atoms. The molecule has 8 rings (SSSR count). The van der Waals surface area contributed by atoms with E-state index in [1.807, 2.05) is 84.9 Å². The minimum atomic E-state index is -2.29. The summed E-state index contributed by atoms with van der Waals surface area (Å²) in [5, 5.41) is 1.62. The van der Waals surface area contributed by atoms with E-state index in [4.69, 9.17) is 8.53 Å². The molecule has 4 heterocycles. The Morgan fingerprint density at radius 2 is 1.46 bits per heavy atom. The SMILES string of the molecule is [2H]C([2H])([2H])c1ccc2c(n1)oc1c(-c3cc(Cc4ccc(-c5ccccc5)cc4)ccn3)[c-]ccc12.[Ir].[c-]1ccccc1-c1ccccn1. The number of aryl methyl sites for hydroxylation is 1. The predicted molar refractivity (Wildman–Crippen MR) is 182 cm³/mol. The van der Waals surface area contributed by atoms with Crippen LogP contribution in [0.15, 0.2) is 150 Å².